The maximum absolute atomic E-state index is 4.51. The van der Waals surface area contributed by atoms with Crippen molar-refractivity contribution in [1.29, 1.82) is 0 Å². The summed E-state index contributed by atoms with van der Waals surface area (Å²) in [6.45, 7) is 10.8. The number of para-hydroxylation sites is 1. The molecule has 2 aromatic rings. The standard InChI is InChI=1S/C18H26N4/c1-3-21-12-9-19-18(21)15-20-10-6-11-22(14-13-20)17-8-5-4-7-16(17)2/h4-5,7-9,12H,3,6,10-11,13-15H2,1-2H3. The van der Waals surface area contributed by atoms with Crippen LogP contribution in [0.25, 0.3) is 0 Å². The van der Waals surface area contributed by atoms with Crippen molar-refractivity contribution in [2.75, 3.05) is 31.1 Å². The van der Waals surface area contributed by atoms with Gasteiger partial charge in [-0.05, 0) is 31.9 Å². The van der Waals surface area contributed by atoms with Crippen molar-refractivity contribution < 1.29 is 0 Å². The van der Waals surface area contributed by atoms with Crippen LogP contribution in [0.3, 0.4) is 0 Å². The molecule has 1 aliphatic rings. The Balaban J connectivity index is 1.64. The highest BCUT2D eigenvalue weighted by molar-refractivity contribution is 5.53. The fourth-order valence-electron chi connectivity index (χ4n) is 3.27. The molecule has 0 atom stereocenters. The maximum atomic E-state index is 4.51. The molecule has 22 heavy (non-hydrogen) atoms. The summed E-state index contributed by atoms with van der Waals surface area (Å²) in [6, 6.07) is 8.71. The van der Waals surface area contributed by atoms with Gasteiger partial charge in [-0.15, -0.1) is 0 Å². The fraction of sp³-hybridized carbons (Fsp3) is 0.500. The van der Waals surface area contributed by atoms with Crippen LogP contribution in [0.2, 0.25) is 0 Å². The summed E-state index contributed by atoms with van der Waals surface area (Å²) in [5.41, 5.74) is 2.76. The van der Waals surface area contributed by atoms with Crippen molar-refractivity contribution in [2.45, 2.75) is 33.4 Å². The Labute approximate surface area is 133 Å². The van der Waals surface area contributed by atoms with Gasteiger partial charge in [0.05, 0.1) is 6.54 Å². The number of anilines is 1. The molecule has 0 amide bonds. The van der Waals surface area contributed by atoms with Gasteiger partial charge in [0.1, 0.15) is 5.82 Å². The smallest absolute Gasteiger partial charge is 0.122 e. The lowest BCUT2D eigenvalue weighted by atomic mass is 10.2. The van der Waals surface area contributed by atoms with Crippen molar-refractivity contribution in [1.82, 2.24) is 14.5 Å². The second-order valence-electron chi connectivity index (χ2n) is 6.03. The minimum Gasteiger partial charge on any atom is -0.370 e. The number of nitrogens with zero attached hydrogens (tertiary/aromatic N) is 4. The predicted octanol–water partition coefficient (Wildman–Crippen LogP) is 2.92. The molecule has 0 aliphatic carbocycles. The molecular formula is C18H26N4. The fourth-order valence-corrected chi connectivity index (χ4v) is 3.27. The van der Waals surface area contributed by atoms with Crippen LogP contribution in [0.1, 0.15) is 24.7 Å². The molecule has 0 radical (unpaired) electrons. The number of imidazole rings is 1. The van der Waals surface area contributed by atoms with Gasteiger partial charge in [0.2, 0.25) is 0 Å². The van der Waals surface area contributed by atoms with Crippen molar-refractivity contribution in [2.24, 2.45) is 0 Å². The Morgan fingerprint density at radius 2 is 1.95 bits per heavy atom. The van der Waals surface area contributed by atoms with Gasteiger partial charge in [-0.3, -0.25) is 4.90 Å². The highest BCUT2D eigenvalue weighted by Gasteiger charge is 2.17. The molecule has 0 N–H and O–H groups in total. The van der Waals surface area contributed by atoms with Crippen LogP contribution in [-0.4, -0.2) is 40.6 Å². The normalized spacial score (nSPS) is 16.7. The lowest BCUT2D eigenvalue weighted by molar-refractivity contribution is 0.274. The summed E-state index contributed by atoms with van der Waals surface area (Å²) in [5.74, 6) is 1.19. The van der Waals surface area contributed by atoms with Crippen LogP contribution >= 0.6 is 0 Å². The molecule has 0 unspecified atom stereocenters. The van der Waals surface area contributed by atoms with Crippen molar-refractivity contribution in [3.05, 3.63) is 48.0 Å². The monoisotopic (exact) mass is 298 g/mol. The number of aryl methyl sites for hydroxylation is 2. The summed E-state index contributed by atoms with van der Waals surface area (Å²) >= 11 is 0. The van der Waals surface area contributed by atoms with E-state index in [9.17, 15) is 0 Å². The quantitative estimate of drug-likeness (QED) is 0.867. The van der Waals surface area contributed by atoms with E-state index in [0.717, 1.165) is 39.3 Å². The minimum atomic E-state index is 0.961. The molecule has 0 bridgehead atoms. The summed E-state index contributed by atoms with van der Waals surface area (Å²) in [4.78, 5) is 9.57. The molecule has 0 saturated carbocycles. The van der Waals surface area contributed by atoms with Gasteiger partial charge in [0.15, 0.2) is 0 Å². The molecule has 4 nitrogen and oxygen atoms in total. The first-order valence-corrected chi connectivity index (χ1v) is 8.31. The summed E-state index contributed by atoms with van der Waals surface area (Å²) in [7, 11) is 0. The van der Waals surface area contributed by atoms with E-state index in [1.807, 2.05) is 6.20 Å². The van der Waals surface area contributed by atoms with Gasteiger partial charge in [-0.1, -0.05) is 18.2 Å². The SMILES string of the molecule is CCn1ccnc1CN1CCCN(c2ccccc2C)CC1. The van der Waals surface area contributed by atoms with E-state index in [1.165, 1.54) is 23.5 Å². The minimum absolute atomic E-state index is 0.961. The van der Waals surface area contributed by atoms with Gasteiger partial charge >= 0.3 is 0 Å². The molecule has 2 heterocycles. The second kappa shape index (κ2) is 6.97. The lowest BCUT2D eigenvalue weighted by Gasteiger charge is -2.25. The van der Waals surface area contributed by atoms with E-state index in [-0.39, 0.29) is 0 Å². The number of aromatic nitrogens is 2. The van der Waals surface area contributed by atoms with Crippen LogP contribution in [0.5, 0.6) is 0 Å². The summed E-state index contributed by atoms with van der Waals surface area (Å²) < 4.78 is 2.24. The van der Waals surface area contributed by atoms with Crippen LogP contribution in [0.4, 0.5) is 5.69 Å². The Morgan fingerprint density at radius 3 is 2.77 bits per heavy atom. The van der Waals surface area contributed by atoms with E-state index in [4.69, 9.17) is 0 Å². The molecular weight excluding hydrogens is 272 g/mol. The van der Waals surface area contributed by atoms with E-state index in [0.29, 0.717) is 0 Å². The van der Waals surface area contributed by atoms with Gasteiger partial charge in [0.25, 0.3) is 0 Å². The molecule has 1 fully saturated rings. The predicted molar refractivity (Wildman–Crippen MR) is 91.2 cm³/mol. The van der Waals surface area contributed by atoms with E-state index in [1.54, 1.807) is 0 Å². The maximum Gasteiger partial charge on any atom is 0.122 e. The number of hydrogen-bond acceptors (Lipinski definition) is 3. The molecule has 4 heteroatoms. The van der Waals surface area contributed by atoms with Crippen molar-refractivity contribution in [3.8, 4) is 0 Å². The third-order valence-corrected chi connectivity index (χ3v) is 4.55. The van der Waals surface area contributed by atoms with Crippen LogP contribution in [0.15, 0.2) is 36.7 Å². The Bertz CT molecular complexity index is 605. The van der Waals surface area contributed by atoms with Crippen molar-refractivity contribution in [3.63, 3.8) is 0 Å². The third kappa shape index (κ3) is 3.33. The summed E-state index contributed by atoms with van der Waals surface area (Å²) in [6.07, 6.45) is 5.20. The Morgan fingerprint density at radius 1 is 1.09 bits per heavy atom. The number of rotatable bonds is 4. The third-order valence-electron chi connectivity index (χ3n) is 4.55. The zero-order valence-corrected chi connectivity index (χ0v) is 13.7. The lowest BCUT2D eigenvalue weighted by Crippen LogP contribution is -2.31. The van der Waals surface area contributed by atoms with Gasteiger partial charge in [-0.25, -0.2) is 4.98 Å². The highest BCUT2D eigenvalue weighted by atomic mass is 15.2. The Hall–Kier alpha value is -1.81. The Kier molecular flexibility index (Phi) is 4.78. The molecule has 1 saturated heterocycles. The van der Waals surface area contributed by atoms with Crippen LogP contribution in [0, 0.1) is 6.92 Å². The molecule has 1 aromatic carbocycles. The van der Waals surface area contributed by atoms with Gasteiger partial charge < -0.3 is 9.47 Å². The number of benzene rings is 1. The molecule has 3 rings (SSSR count). The first-order valence-electron chi connectivity index (χ1n) is 8.31. The van der Waals surface area contributed by atoms with E-state index >= 15 is 0 Å². The topological polar surface area (TPSA) is 24.3 Å². The van der Waals surface area contributed by atoms with Crippen LogP contribution < -0.4 is 4.90 Å². The van der Waals surface area contributed by atoms with Crippen LogP contribution in [-0.2, 0) is 13.1 Å². The molecule has 0 spiro atoms. The first kappa shape index (κ1) is 15.1. The summed E-state index contributed by atoms with van der Waals surface area (Å²) in [5, 5.41) is 0. The molecule has 1 aliphatic heterocycles. The first-order chi connectivity index (χ1) is 10.8. The molecule has 1 aromatic heterocycles. The second-order valence-corrected chi connectivity index (χ2v) is 6.03. The van der Waals surface area contributed by atoms with Gasteiger partial charge in [-0.2, -0.15) is 0 Å². The van der Waals surface area contributed by atoms with E-state index < -0.39 is 0 Å². The highest BCUT2D eigenvalue weighted by Crippen LogP contribution is 2.21. The average molecular weight is 298 g/mol. The molecule has 118 valence electrons. The van der Waals surface area contributed by atoms with Gasteiger partial charge in [0, 0.05) is 50.8 Å². The van der Waals surface area contributed by atoms with Crippen molar-refractivity contribution >= 4 is 5.69 Å². The number of hydrogen-bond donors (Lipinski definition) is 0. The largest absolute Gasteiger partial charge is 0.370 e. The zero-order valence-electron chi connectivity index (χ0n) is 13.7. The average Bonchev–Trinajstić information content (AvgIpc) is 2.85. The van der Waals surface area contributed by atoms with E-state index in [2.05, 4.69) is 63.7 Å². The zero-order chi connectivity index (χ0) is 15.4.